The van der Waals surface area contributed by atoms with Gasteiger partial charge in [0.2, 0.25) is 5.82 Å². The summed E-state index contributed by atoms with van der Waals surface area (Å²) in [7, 11) is 0. The highest BCUT2D eigenvalue weighted by molar-refractivity contribution is 5.41. The largest absolute Gasteiger partial charge is 0.420 e. The SMILES string of the molecule is O=[N+]([O-])c1c(C(F)F)ncc(C(F)(F)F)c1F. The number of aromatic nitrogens is 1. The molecular formula is C7H2F6N2O2. The maximum absolute atomic E-state index is 13.1. The zero-order valence-corrected chi connectivity index (χ0v) is 7.63. The Labute approximate surface area is 89.0 Å². The third-order valence-electron chi connectivity index (χ3n) is 1.71. The summed E-state index contributed by atoms with van der Waals surface area (Å²) in [5.41, 5.74) is -5.66. The van der Waals surface area contributed by atoms with Crippen molar-refractivity contribution in [1.29, 1.82) is 0 Å². The van der Waals surface area contributed by atoms with Gasteiger partial charge in [-0.15, -0.1) is 0 Å². The number of rotatable bonds is 2. The molecule has 1 rings (SSSR count). The molecule has 0 unspecified atom stereocenters. The van der Waals surface area contributed by atoms with E-state index in [1.54, 1.807) is 0 Å². The van der Waals surface area contributed by atoms with Crippen LogP contribution in [0.5, 0.6) is 0 Å². The van der Waals surface area contributed by atoms with E-state index in [0.717, 1.165) is 0 Å². The van der Waals surface area contributed by atoms with E-state index in [0.29, 0.717) is 0 Å². The number of nitrogens with zero attached hydrogens (tertiary/aromatic N) is 2. The summed E-state index contributed by atoms with van der Waals surface area (Å²) in [4.78, 5) is 11.2. The Morgan fingerprint density at radius 3 is 2.24 bits per heavy atom. The minimum Gasteiger partial charge on any atom is -0.258 e. The van der Waals surface area contributed by atoms with Crippen molar-refractivity contribution in [2.45, 2.75) is 12.6 Å². The lowest BCUT2D eigenvalue weighted by Crippen LogP contribution is -2.13. The van der Waals surface area contributed by atoms with Gasteiger partial charge in [0, 0.05) is 6.20 Å². The molecule has 4 nitrogen and oxygen atoms in total. The van der Waals surface area contributed by atoms with Crippen LogP contribution in [0.3, 0.4) is 0 Å². The molecule has 0 bridgehead atoms. The third kappa shape index (κ3) is 2.45. The average molecular weight is 260 g/mol. The molecule has 17 heavy (non-hydrogen) atoms. The summed E-state index contributed by atoms with van der Waals surface area (Å²) in [6.07, 6.45) is -9.00. The van der Waals surface area contributed by atoms with E-state index >= 15 is 0 Å². The molecule has 10 heteroatoms. The normalized spacial score (nSPS) is 11.9. The molecule has 0 fully saturated rings. The second-order valence-electron chi connectivity index (χ2n) is 2.78. The van der Waals surface area contributed by atoms with Gasteiger partial charge in [-0.05, 0) is 0 Å². The van der Waals surface area contributed by atoms with Crippen LogP contribution in [-0.4, -0.2) is 9.91 Å². The molecular weight excluding hydrogens is 258 g/mol. The van der Waals surface area contributed by atoms with Gasteiger partial charge in [0.05, 0.1) is 4.92 Å². The van der Waals surface area contributed by atoms with Crippen molar-refractivity contribution in [3.8, 4) is 0 Å². The molecule has 1 aromatic rings. The lowest BCUT2D eigenvalue weighted by molar-refractivity contribution is -0.389. The second kappa shape index (κ2) is 4.18. The maximum Gasteiger partial charge on any atom is 0.420 e. The van der Waals surface area contributed by atoms with Crippen LogP contribution in [0.2, 0.25) is 0 Å². The standard InChI is InChI=1S/C7H2F6N2O2/c8-3-2(7(11,12)13)1-14-4(6(9)10)5(3)15(16)17/h1,6H. The Hall–Kier alpha value is -1.87. The van der Waals surface area contributed by atoms with E-state index in [9.17, 15) is 36.5 Å². The molecule has 0 radical (unpaired) electrons. The predicted octanol–water partition coefficient (Wildman–Crippen LogP) is 3.09. The van der Waals surface area contributed by atoms with Gasteiger partial charge in [0.25, 0.3) is 6.43 Å². The van der Waals surface area contributed by atoms with Crippen LogP contribution in [-0.2, 0) is 6.18 Å². The number of hydrogen-bond acceptors (Lipinski definition) is 3. The first-order valence-electron chi connectivity index (χ1n) is 3.84. The van der Waals surface area contributed by atoms with E-state index < -0.39 is 40.3 Å². The first kappa shape index (κ1) is 13.2. The van der Waals surface area contributed by atoms with Gasteiger partial charge in [0.1, 0.15) is 5.56 Å². The smallest absolute Gasteiger partial charge is 0.258 e. The first-order valence-corrected chi connectivity index (χ1v) is 3.84. The fraction of sp³-hybridized carbons (Fsp3) is 0.286. The minimum absolute atomic E-state index is 0.205. The van der Waals surface area contributed by atoms with Crippen LogP contribution >= 0.6 is 0 Å². The Balaban J connectivity index is 3.56. The van der Waals surface area contributed by atoms with Gasteiger partial charge in [-0.3, -0.25) is 10.1 Å². The van der Waals surface area contributed by atoms with Gasteiger partial charge >= 0.3 is 11.9 Å². The summed E-state index contributed by atoms with van der Waals surface area (Å²) in [6.45, 7) is 0. The number of nitro groups is 1. The van der Waals surface area contributed by atoms with Gasteiger partial charge in [-0.2, -0.15) is 17.6 Å². The number of alkyl halides is 5. The van der Waals surface area contributed by atoms with Crippen LogP contribution in [0, 0.1) is 15.9 Å². The summed E-state index contributed by atoms with van der Waals surface area (Å²) < 4.78 is 73.9. The topological polar surface area (TPSA) is 56.0 Å². The fourth-order valence-corrected chi connectivity index (χ4v) is 1.02. The predicted molar refractivity (Wildman–Crippen MR) is 40.8 cm³/mol. The molecule has 0 saturated carbocycles. The summed E-state index contributed by atoms with van der Waals surface area (Å²) >= 11 is 0. The van der Waals surface area contributed by atoms with Crippen molar-refractivity contribution < 1.29 is 31.3 Å². The molecule has 0 aromatic carbocycles. The molecule has 0 aliphatic heterocycles. The number of halogens is 6. The van der Waals surface area contributed by atoms with Crippen molar-refractivity contribution >= 4 is 5.69 Å². The number of hydrogen-bond donors (Lipinski definition) is 0. The molecule has 0 atom stereocenters. The molecule has 1 heterocycles. The molecule has 94 valence electrons. The Morgan fingerprint density at radius 1 is 1.35 bits per heavy atom. The first-order chi connectivity index (χ1) is 7.66. The molecule has 1 aromatic heterocycles. The molecule has 0 amide bonds. The van der Waals surface area contributed by atoms with Crippen molar-refractivity contribution in [1.82, 2.24) is 4.98 Å². The van der Waals surface area contributed by atoms with E-state index in [1.807, 2.05) is 0 Å². The van der Waals surface area contributed by atoms with E-state index in [2.05, 4.69) is 4.98 Å². The van der Waals surface area contributed by atoms with E-state index in [-0.39, 0.29) is 6.20 Å². The summed E-state index contributed by atoms with van der Waals surface area (Å²) in [6, 6.07) is 0. The van der Waals surface area contributed by atoms with Crippen LogP contribution in [0.4, 0.5) is 32.0 Å². The maximum atomic E-state index is 13.1. The van der Waals surface area contributed by atoms with Gasteiger partial charge in [0.15, 0.2) is 5.69 Å². The monoisotopic (exact) mass is 260 g/mol. The van der Waals surface area contributed by atoms with Crippen molar-refractivity contribution in [2.75, 3.05) is 0 Å². The quantitative estimate of drug-likeness (QED) is 0.466. The Kier molecular flexibility index (Phi) is 3.25. The zero-order valence-electron chi connectivity index (χ0n) is 7.63. The van der Waals surface area contributed by atoms with Crippen LogP contribution in [0.1, 0.15) is 17.7 Å². The molecule has 0 saturated heterocycles. The van der Waals surface area contributed by atoms with Gasteiger partial charge in [-0.1, -0.05) is 0 Å². The lowest BCUT2D eigenvalue weighted by Gasteiger charge is -2.09. The average Bonchev–Trinajstić information content (AvgIpc) is 2.13. The van der Waals surface area contributed by atoms with Crippen LogP contribution in [0.15, 0.2) is 6.20 Å². The third-order valence-corrected chi connectivity index (χ3v) is 1.71. The Morgan fingerprint density at radius 2 is 1.88 bits per heavy atom. The summed E-state index contributed by atoms with van der Waals surface area (Å²) in [5, 5.41) is 10.3. The summed E-state index contributed by atoms with van der Waals surface area (Å²) in [5.74, 6) is -2.37. The zero-order chi connectivity index (χ0) is 13.4. The van der Waals surface area contributed by atoms with Crippen molar-refractivity contribution in [3.63, 3.8) is 0 Å². The highest BCUT2D eigenvalue weighted by Crippen LogP contribution is 2.37. The van der Waals surface area contributed by atoms with Gasteiger partial charge < -0.3 is 0 Å². The molecule has 0 spiro atoms. The minimum atomic E-state index is -5.25. The fourth-order valence-electron chi connectivity index (χ4n) is 1.02. The van der Waals surface area contributed by atoms with Crippen molar-refractivity contribution in [2.24, 2.45) is 0 Å². The molecule has 0 aliphatic carbocycles. The van der Waals surface area contributed by atoms with Gasteiger partial charge in [-0.25, -0.2) is 13.8 Å². The lowest BCUT2D eigenvalue weighted by atomic mass is 10.2. The van der Waals surface area contributed by atoms with E-state index in [4.69, 9.17) is 0 Å². The van der Waals surface area contributed by atoms with E-state index in [1.165, 1.54) is 0 Å². The van der Waals surface area contributed by atoms with Crippen LogP contribution in [0.25, 0.3) is 0 Å². The number of pyridine rings is 1. The Bertz CT molecular complexity index is 458. The molecule has 0 N–H and O–H groups in total. The molecule has 0 aliphatic rings. The highest BCUT2D eigenvalue weighted by atomic mass is 19.4. The second-order valence-corrected chi connectivity index (χ2v) is 2.78. The van der Waals surface area contributed by atoms with Crippen molar-refractivity contribution in [3.05, 3.63) is 33.4 Å². The highest BCUT2D eigenvalue weighted by Gasteiger charge is 2.41. The van der Waals surface area contributed by atoms with Crippen LogP contribution < -0.4 is 0 Å².